The molecule has 1 aromatic carbocycles. The number of hydrogen-bond donors (Lipinski definition) is 0. The van der Waals surface area contributed by atoms with Crippen LogP contribution in [0.4, 0.5) is 5.69 Å². The third-order valence-corrected chi connectivity index (χ3v) is 7.30. The SMILES string of the molecule is COC(=O)c1c(I)c(C(=O)OC)c(I)c(N2C(=O)CCC2COC(C)=O)c1I. The van der Waals surface area contributed by atoms with Gasteiger partial charge in [0, 0.05) is 16.9 Å². The van der Waals surface area contributed by atoms with Crippen molar-refractivity contribution in [2.24, 2.45) is 0 Å². The second kappa shape index (κ2) is 9.86. The Morgan fingerprint density at radius 1 is 1.00 bits per heavy atom. The molecule has 1 amide bonds. The quantitative estimate of drug-likeness (QED) is 0.262. The van der Waals surface area contributed by atoms with Crippen molar-refractivity contribution in [2.75, 3.05) is 25.7 Å². The maximum absolute atomic E-state index is 12.7. The number of rotatable bonds is 5. The van der Waals surface area contributed by atoms with Gasteiger partial charge in [0.2, 0.25) is 5.91 Å². The van der Waals surface area contributed by atoms with Gasteiger partial charge in [0.1, 0.15) is 6.61 Å². The fraction of sp³-hybridized carbons (Fsp3) is 0.412. The first kappa shape index (κ1) is 23.6. The minimum atomic E-state index is -0.625. The number of hydrogen-bond acceptors (Lipinski definition) is 7. The van der Waals surface area contributed by atoms with Gasteiger partial charge in [0.15, 0.2) is 0 Å². The molecule has 0 saturated carbocycles. The van der Waals surface area contributed by atoms with Crippen LogP contribution in [0.3, 0.4) is 0 Å². The Labute approximate surface area is 202 Å². The smallest absolute Gasteiger partial charge is 0.340 e. The zero-order chi connectivity index (χ0) is 21.2. The number of benzene rings is 1. The van der Waals surface area contributed by atoms with E-state index in [-0.39, 0.29) is 30.1 Å². The van der Waals surface area contributed by atoms with Gasteiger partial charge in [0.25, 0.3) is 0 Å². The molecule has 1 fully saturated rings. The van der Waals surface area contributed by atoms with Crippen LogP contribution in [0.2, 0.25) is 0 Å². The van der Waals surface area contributed by atoms with Crippen molar-refractivity contribution in [3.05, 3.63) is 21.8 Å². The standard InChI is InChI=1S/C17H16I3NO7/c1-7(22)28-6-8-4-5-9(23)21(8)15-13(19)10(16(24)26-2)12(18)11(14(15)20)17(25)27-3/h8H,4-6H2,1-3H3. The van der Waals surface area contributed by atoms with Crippen LogP contribution in [0, 0.1) is 10.7 Å². The summed E-state index contributed by atoms with van der Waals surface area (Å²) < 4.78 is 16.2. The first-order valence-electron chi connectivity index (χ1n) is 7.98. The van der Waals surface area contributed by atoms with E-state index in [0.29, 0.717) is 22.8 Å². The summed E-state index contributed by atoms with van der Waals surface area (Å²) in [5.41, 5.74) is 0.790. The van der Waals surface area contributed by atoms with Crippen molar-refractivity contribution in [3.8, 4) is 0 Å². The second-order valence-electron chi connectivity index (χ2n) is 5.78. The molecule has 1 heterocycles. The average molecular weight is 727 g/mol. The first-order valence-corrected chi connectivity index (χ1v) is 11.2. The van der Waals surface area contributed by atoms with Crippen LogP contribution in [0.1, 0.15) is 40.5 Å². The highest BCUT2D eigenvalue weighted by Gasteiger charge is 2.39. The Morgan fingerprint density at radius 3 is 1.93 bits per heavy atom. The van der Waals surface area contributed by atoms with E-state index in [2.05, 4.69) is 0 Å². The second-order valence-corrected chi connectivity index (χ2v) is 9.02. The minimum Gasteiger partial charge on any atom is -0.465 e. The number of carbonyl (C=O) groups is 4. The molecular formula is C17H16I3NO7. The fourth-order valence-corrected chi connectivity index (χ4v) is 7.41. The van der Waals surface area contributed by atoms with Gasteiger partial charge in [0.05, 0.1) is 44.2 Å². The predicted octanol–water partition coefficient (Wildman–Crippen LogP) is 3.13. The molecule has 2 rings (SSSR count). The molecule has 0 radical (unpaired) electrons. The molecule has 1 saturated heterocycles. The molecular weight excluding hydrogens is 711 g/mol. The molecule has 1 aliphatic heterocycles. The molecule has 0 aromatic heterocycles. The first-order chi connectivity index (χ1) is 13.1. The molecule has 0 aliphatic carbocycles. The van der Waals surface area contributed by atoms with E-state index in [0.717, 1.165) is 0 Å². The van der Waals surface area contributed by atoms with Crippen molar-refractivity contribution >= 4 is 97.3 Å². The average Bonchev–Trinajstić information content (AvgIpc) is 3.00. The van der Waals surface area contributed by atoms with Gasteiger partial charge in [-0.3, -0.25) is 9.59 Å². The molecule has 1 atom stereocenters. The van der Waals surface area contributed by atoms with Crippen LogP contribution in [0.15, 0.2) is 0 Å². The summed E-state index contributed by atoms with van der Waals surface area (Å²) in [7, 11) is 2.49. The lowest BCUT2D eigenvalue weighted by atomic mass is 10.1. The maximum Gasteiger partial charge on any atom is 0.340 e. The Balaban J connectivity index is 2.74. The van der Waals surface area contributed by atoms with E-state index in [1.807, 2.05) is 67.8 Å². The lowest BCUT2D eigenvalue weighted by Crippen LogP contribution is -2.38. The summed E-state index contributed by atoms with van der Waals surface area (Å²) in [6.07, 6.45) is 0.760. The predicted molar refractivity (Wildman–Crippen MR) is 124 cm³/mol. The summed E-state index contributed by atoms with van der Waals surface area (Å²) >= 11 is 5.84. The van der Waals surface area contributed by atoms with Crippen molar-refractivity contribution in [1.29, 1.82) is 0 Å². The van der Waals surface area contributed by atoms with Crippen molar-refractivity contribution in [2.45, 2.75) is 25.8 Å². The number of amides is 1. The van der Waals surface area contributed by atoms with Gasteiger partial charge in [-0.15, -0.1) is 0 Å². The van der Waals surface area contributed by atoms with Gasteiger partial charge < -0.3 is 19.1 Å². The number of anilines is 1. The van der Waals surface area contributed by atoms with Gasteiger partial charge in [-0.25, -0.2) is 9.59 Å². The third-order valence-electron chi connectivity index (χ3n) is 4.12. The Kier molecular flexibility index (Phi) is 8.30. The van der Waals surface area contributed by atoms with Crippen molar-refractivity contribution in [3.63, 3.8) is 0 Å². The van der Waals surface area contributed by atoms with Crippen molar-refractivity contribution < 1.29 is 33.4 Å². The molecule has 28 heavy (non-hydrogen) atoms. The monoisotopic (exact) mass is 727 g/mol. The fourth-order valence-electron chi connectivity index (χ4n) is 2.85. The Bertz CT molecular complexity index is 813. The summed E-state index contributed by atoms with van der Waals surface area (Å²) in [6.45, 7) is 1.32. The minimum absolute atomic E-state index is 0.0281. The van der Waals surface area contributed by atoms with E-state index in [9.17, 15) is 19.2 Å². The number of nitrogens with zero attached hydrogens (tertiary/aromatic N) is 1. The summed E-state index contributed by atoms with van der Waals surface area (Å²) in [4.78, 5) is 50.2. The topological polar surface area (TPSA) is 99.2 Å². The van der Waals surface area contributed by atoms with Crippen LogP contribution < -0.4 is 4.90 Å². The van der Waals surface area contributed by atoms with Crippen LogP contribution >= 0.6 is 67.8 Å². The highest BCUT2D eigenvalue weighted by molar-refractivity contribution is 14.1. The van der Waals surface area contributed by atoms with E-state index in [1.165, 1.54) is 26.0 Å². The third kappa shape index (κ3) is 4.55. The molecule has 0 bridgehead atoms. The van der Waals surface area contributed by atoms with Crippen molar-refractivity contribution in [1.82, 2.24) is 0 Å². The number of methoxy groups -OCH3 is 2. The number of ether oxygens (including phenoxy) is 3. The molecule has 1 aliphatic rings. The molecule has 0 spiro atoms. The highest BCUT2D eigenvalue weighted by Crippen LogP contribution is 2.41. The molecule has 0 N–H and O–H groups in total. The van der Waals surface area contributed by atoms with Crippen LogP contribution in [0.25, 0.3) is 0 Å². The van der Waals surface area contributed by atoms with Gasteiger partial charge in [-0.05, 0) is 74.2 Å². The van der Waals surface area contributed by atoms with Crippen LogP contribution in [-0.4, -0.2) is 50.7 Å². The Hall–Kier alpha value is -0.710. The van der Waals surface area contributed by atoms with E-state index >= 15 is 0 Å². The lowest BCUT2D eigenvalue weighted by molar-refractivity contribution is -0.141. The highest BCUT2D eigenvalue weighted by atomic mass is 127. The molecule has 1 unspecified atom stereocenters. The van der Waals surface area contributed by atoms with E-state index in [4.69, 9.17) is 14.2 Å². The summed E-state index contributed by atoms with van der Waals surface area (Å²) in [6, 6.07) is -0.394. The summed E-state index contributed by atoms with van der Waals surface area (Å²) in [5, 5.41) is 0. The number of carbonyl (C=O) groups excluding carboxylic acids is 4. The van der Waals surface area contributed by atoms with Gasteiger partial charge in [-0.1, -0.05) is 0 Å². The zero-order valence-corrected chi connectivity index (χ0v) is 21.6. The molecule has 8 nitrogen and oxygen atoms in total. The molecule has 1 aromatic rings. The molecule has 152 valence electrons. The number of halogens is 3. The van der Waals surface area contributed by atoms with Gasteiger partial charge in [-0.2, -0.15) is 0 Å². The largest absolute Gasteiger partial charge is 0.465 e. The Morgan fingerprint density at radius 2 is 1.50 bits per heavy atom. The van der Waals surface area contributed by atoms with Crippen LogP contribution in [0.5, 0.6) is 0 Å². The van der Waals surface area contributed by atoms with E-state index in [1.54, 1.807) is 0 Å². The normalized spacial score (nSPS) is 16.1. The summed E-state index contributed by atoms with van der Waals surface area (Å²) in [5.74, 6) is -1.88. The van der Waals surface area contributed by atoms with Crippen LogP contribution in [-0.2, 0) is 23.8 Å². The van der Waals surface area contributed by atoms with Gasteiger partial charge >= 0.3 is 17.9 Å². The maximum atomic E-state index is 12.7. The zero-order valence-electron chi connectivity index (χ0n) is 15.1. The lowest BCUT2D eigenvalue weighted by Gasteiger charge is -2.28. The van der Waals surface area contributed by atoms with E-state index < -0.39 is 23.9 Å². The molecule has 11 heteroatoms. The number of esters is 3.